The van der Waals surface area contributed by atoms with Gasteiger partial charge in [0.2, 0.25) is 0 Å². The van der Waals surface area contributed by atoms with Crippen molar-refractivity contribution in [1.29, 1.82) is 0 Å². The Kier molecular flexibility index (Phi) is 5.11. The monoisotopic (exact) mass is 279 g/mol. The van der Waals surface area contributed by atoms with E-state index in [-0.39, 0.29) is 11.9 Å². The zero-order valence-corrected chi connectivity index (χ0v) is 12.7. The van der Waals surface area contributed by atoms with Gasteiger partial charge < -0.3 is 5.73 Å². The first-order valence-corrected chi connectivity index (χ1v) is 7.65. The van der Waals surface area contributed by atoms with Gasteiger partial charge in [0.25, 0.3) is 0 Å². The molecule has 1 aliphatic heterocycles. The molecule has 0 aromatic carbocycles. The summed E-state index contributed by atoms with van der Waals surface area (Å²) in [5, 5.41) is 0. The third-order valence-corrected chi connectivity index (χ3v) is 4.63. The molecule has 0 bridgehead atoms. The van der Waals surface area contributed by atoms with Crippen molar-refractivity contribution >= 4 is 0 Å². The van der Waals surface area contributed by atoms with Crippen molar-refractivity contribution in [2.24, 2.45) is 11.7 Å². The van der Waals surface area contributed by atoms with Gasteiger partial charge in [-0.3, -0.25) is 9.88 Å². The van der Waals surface area contributed by atoms with Crippen molar-refractivity contribution in [2.75, 3.05) is 6.54 Å². The molecule has 1 aliphatic rings. The van der Waals surface area contributed by atoms with E-state index in [0.717, 1.165) is 12.2 Å². The fraction of sp³-hybridized carbons (Fsp3) is 0.688. The van der Waals surface area contributed by atoms with Crippen LogP contribution < -0.4 is 5.73 Å². The highest BCUT2D eigenvalue weighted by atomic mass is 19.1. The van der Waals surface area contributed by atoms with E-state index in [1.807, 2.05) is 0 Å². The molecule has 1 aromatic heterocycles. The molecule has 4 unspecified atom stereocenters. The van der Waals surface area contributed by atoms with Gasteiger partial charge in [0.15, 0.2) is 0 Å². The Hall–Kier alpha value is -1.00. The molecule has 3 nitrogen and oxygen atoms in total. The molecule has 0 radical (unpaired) electrons. The Morgan fingerprint density at radius 2 is 2.20 bits per heavy atom. The zero-order chi connectivity index (χ0) is 14.7. The standard InChI is InChI=1S/C16H26FN3/c1-4-14-7-5-12(3)20(14)10-11(2)16(18)15-8-6-13(17)9-19-15/h6,8-9,11-12,14,16H,4-5,7,10,18H2,1-3H3. The van der Waals surface area contributed by atoms with Crippen LogP contribution in [-0.4, -0.2) is 28.5 Å². The average molecular weight is 279 g/mol. The molecular weight excluding hydrogens is 253 g/mol. The van der Waals surface area contributed by atoms with E-state index < -0.39 is 0 Å². The molecule has 0 saturated carbocycles. The largest absolute Gasteiger partial charge is 0.322 e. The van der Waals surface area contributed by atoms with E-state index >= 15 is 0 Å². The second kappa shape index (κ2) is 6.64. The average Bonchev–Trinajstić information content (AvgIpc) is 2.79. The maximum atomic E-state index is 12.9. The Labute approximate surface area is 121 Å². The molecule has 1 aromatic rings. The molecule has 112 valence electrons. The van der Waals surface area contributed by atoms with Gasteiger partial charge in [-0.15, -0.1) is 0 Å². The lowest BCUT2D eigenvalue weighted by atomic mass is 9.97. The smallest absolute Gasteiger partial charge is 0.141 e. The number of hydrogen-bond donors (Lipinski definition) is 1. The molecule has 1 saturated heterocycles. The van der Waals surface area contributed by atoms with E-state index in [1.54, 1.807) is 6.07 Å². The number of rotatable bonds is 5. The van der Waals surface area contributed by atoms with Crippen LogP contribution >= 0.6 is 0 Å². The summed E-state index contributed by atoms with van der Waals surface area (Å²) in [6.45, 7) is 7.69. The highest BCUT2D eigenvalue weighted by Gasteiger charge is 2.31. The molecule has 0 spiro atoms. The molecule has 2 rings (SSSR count). The molecule has 4 atom stereocenters. The maximum Gasteiger partial charge on any atom is 0.141 e. The normalized spacial score (nSPS) is 26.6. The summed E-state index contributed by atoms with van der Waals surface area (Å²) in [5.41, 5.74) is 7.06. The van der Waals surface area contributed by atoms with Crippen molar-refractivity contribution in [3.63, 3.8) is 0 Å². The van der Waals surface area contributed by atoms with Gasteiger partial charge in [0.05, 0.1) is 17.9 Å². The van der Waals surface area contributed by atoms with Crippen molar-refractivity contribution in [3.8, 4) is 0 Å². The number of nitrogens with zero attached hydrogens (tertiary/aromatic N) is 2. The zero-order valence-electron chi connectivity index (χ0n) is 12.7. The van der Waals surface area contributed by atoms with E-state index in [2.05, 4.69) is 30.7 Å². The summed E-state index contributed by atoms with van der Waals surface area (Å²) in [6, 6.07) is 4.31. The lowest BCUT2D eigenvalue weighted by Gasteiger charge is -2.32. The van der Waals surface area contributed by atoms with Crippen molar-refractivity contribution in [1.82, 2.24) is 9.88 Å². The number of likely N-dealkylation sites (tertiary alicyclic amines) is 1. The Morgan fingerprint density at radius 1 is 1.45 bits per heavy atom. The van der Waals surface area contributed by atoms with Crippen LogP contribution in [0.4, 0.5) is 4.39 Å². The van der Waals surface area contributed by atoms with Crippen LogP contribution in [0.5, 0.6) is 0 Å². The van der Waals surface area contributed by atoms with E-state index in [9.17, 15) is 4.39 Å². The second-order valence-electron chi connectivity index (χ2n) is 6.09. The van der Waals surface area contributed by atoms with Crippen LogP contribution in [0.15, 0.2) is 18.3 Å². The number of hydrogen-bond acceptors (Lipinski definition) is 3. The van der Waals surface area contributed by atoms with Crippen molar-refractivity contribution < 1.29 is 4.39 Å². The Morgan fingerprint density at radius 3 is 2.80 bits per heavy atom. The summed E-state index contributed by atoms with van der Waals surface area (Å²) in [5.74, 6) is -0.00428. The van der Waals surface area contributed by atoms with Gasteiger partial charge in [-0.25, -0.2) is 4.39 Å². The van der Waals surface area contributed by atoms with Crippen molar-refractivity contribution in [3.05, 3.63) is 29.8 Å². The summed E-state index contributed by atoms with van der Waals surface area (Å²) in [7, 11) is 0. The van der Waals surface area contributed by atoms with Gasteiger partial charge in [-0.05, 0) is 44.2 Å². The predicted molar refractivity (Wildman–Crippen MR) is 79.8 cm³/mol. The fourth-order valence-corrected chi connectivity index (χ4v) is 3.21. The molecule has 0 aliphatic carbocycles. The highest BCUT2D eigenvalue weighted by Crippen LogP contribution is 2.29. The topological polar surface area (TPSA) is 42.1 Å². The third kappa shape index (κ3) is 3.36. The van der Waals surface area contributed by atoms with Crippen LogP contribution in [-0.2, 0) is 0 Å². The number of nitrogens with two attached hydrogens (primary N) is 1. The Bertz CT molecular complexity index is 420. The first kappa shape index (κ1) is 15.4. The number of aromatic nitrogens is 1. The van der Waals surface area contributed by atoms with Gasteiger partial charge in [-0.1, -0.05) is 13.8 Å². The molecule has 20 heavy (non-hydrogen) atoms. The van der Waals surface area contributed by atoms with Gasteiger partial charge in [-0.2, -0.15) is 0 Å². The number of halogens is 1. The van der Waals surface area contributed by atoms with E-state index in [1.165, 1.54) is 31.5 Å². The van der Waals surface area contributed by atoms with Crippen LogP contribution in [0, 0.1) is 11.7 Å². The summed E-state index contributed by atoms with van der Waals surface area (Å²) < 4.78 is 12.9. The first-order valence-electron chi connectivity index (χ1n) is 7.65. The minimum atomic E-state index is -0.312. The first-order chi connectivity index (χ1) is 9.52. The SMILES string of the molecule is CCC1CCC(C)N1CC(C)C(N)c1ccc(F)cn1. The third-order valence-electron chi connectivity index (χ3n) is 4.63. The minimum absolute atomic E-state index is 0.138. The lowest BCUT2D eigenvalue weighted by molar-refractivity contribution is 0.161. The van der Waals surface area contributed by atoms with Gasteiger partial charge in [0.1, 0.15) is 5.82 Å². The fourth-order valence-electron chi connectivity index (χ4n) is 3.21. The van der Waals surface area contributed by atoms with Crippen LogP contribution in [0.25, 0.3) is 0 Å². The van der Waals surface area contributed by atoms with Crippen molar-refractivity contribution in [2.45, 2.75) is 58.2 Å². The molecule has 2 N–H and O–H groups in total. The second-order valence-corrected chi connectivity index (χ2v) is 6.09. The molecule has 2 heterocycles. The van der Waals surface area contributed by atoms with E-state index in [0.29, 0.717) is 18.0 Å². The van der Waals surface area contributed by atoms with Crippen LogP contribution in [0.2, 0.25) is 0 Å². The molecular formula is C16H26FN3. The molecule has 1 fully saturated rings. The summed E-state index contributed by atoms with van der Waals surface area (Å²) >= 11 is 0. The predicted octanol–water partition coefficient (Wildman–Crippen LogP) is 3.12. The van der Waals surface area contributed by atoms with Crippen LogP contribution in [0.3, 0.4) is 0 Å². The molecule has 4 heteroatoms. The summed E-state index contributed by atoms with van der Waals surface area (Å²) in [4.78, 5) is 6.69. The van der Waals surface area contributed by atoms with Gasteiger partial charge >= 0.3 is 0 Å². The van der Waals surface area contributed by atoms with Gasteiger partial charge in [0, 0.05) is 18.6 Å². The molecule has 0 amide bonds. The lowest BCUT2D eigenvalue weighted by Crippen LogP contribution is -2.40. The van der Waals surface area contributed by atoms with Crippen LogP contribution in [0.1, 0.15) is 51.8 Å². The Balaban J connectivity index is 2.00. The van der Waals surface area contributed by atoms with E-state index in [4.69, 9.17) is 5.73 Å². The summed E-state index contributed by atoms with van der Waals surface area (Å²) in [6.07, 6.45) is 5.00. The quantitative estimate of drug-likeness (QED) is 0.900. The number of pyridine rings is 1. The maximum absolute atomic E-state index is 12.9. The highest BCUT2D eigenvalue weighted by molar-refractivity contribution is 5.10. The minimum Gasteiger partial charge on any atom is -0.322 e.